The van der Waals surface area contributed by atoms with Crippen molar-refractivity contribution in [1.29, 1.82) is 0 Å². The van der Waals surface area contributed by atoms with Crippen LogP contribution in [0.1, 0.15) is 71.1 Å². The Morgan fingerprint density at radius 3 is 1.24 bits per heavy atom. The van der Waals surface area contributed by atoms with Gasteiger partial charge in [-0.2, -0.15) is 0 Å². The minimum absolute atomic E-state index is 0. The SMILES string of the molecule is CCCCCCCCCCCC(O)(O)C(O)(O)C(O)(O)C(O)(O)C(O)(O)C(O)(O)C(=O)O.[Ce]. The van der Waals surface area contributed by atoms with Crippen molar-refractivity contribution >= 4 is 5.97 Å². The molecule has 0 aliphatic heterocycles. The summed E-state index contributed by atoms with van der Waals surface area (Å²) in [5, 5.41) is 125. The van der Waals surface area contributed by atoms with Crippen LogP contribution in [-0.4, -0.2) is 107 Å². The van der Waals surface area contributed by atoms with Crippen molar-refractivity contribution in [1.82, 2.24) is 0 Å². The summed E-state index contributed by atoms with van der Waals surface area (Å²) in [6.45, 7) is 2.07. The summed E-state index contributed by atoms with van der Waals surface area (Å²) in [6, 6.07) is 0. The van der Waals surface area contributed by atoms with E-state index in [2.05, 4.69) is 6.92 Å². The fourth-order valence-electron chi connectivity index (χ4n) is 3.01. The molecule has 0 atom stereocenters. The van der Waals surface area contributed by atoms with E-state index in [-0.39, 0.29) is 48.2 Å². The van der Waals surface area contributed by atoms with E-state index in [1.807, 2.05) is 0 Å². The number of carbonyl (C=O) groups is 1. The van der Waals surface area contributed by atoms with Crippen LogP contribution in [0.3, 0.4) is 0 Å². The predicted molar refractivity (Wildman–Crippen MR) is 102 cm³/mol. The van der Waals surface area contributed by atoms with E-state index in [1.54, 1.807) is 0 Å². The average Bonchev–Trinajstić information content (AvgIpc) is 2.65. The second-order valence-electron chi connectivity index (χ2n) is 8.06. The molecule has 0 aromatic heterocycles. The van der Waals surface area contributed by atoms with E-state index >= 15 is 0 Å². The van der Waals surface area contributed by atoms with Crippen LogP contribution in [0.2, 0.25) is 0 Å². The largest absolute Gasteiger partial charge is 0.477 e. The Hall–Kier alpha value is 0.367. The van der Waals surface area contributed by atoms with Gasteiger partial charge in [-0.1, -0.05) is 58.3 Å². The summed E-state index contributed by atoms with van der Waals surface area (Å²) >= 11 is 0. The molecule has 0 rings (SSSR count). The van der Waals surface area contributed by atoms with Crippen LogP contribution in [0.4, 0.5) is 0 Å². The molecule has 0 heterocycles. The van der Waals surface area contributed by atoms with Crippen molar-refractivity contribution in [2.24, 2.45) is 0 Å². The second kappa shape index (κ2) is 13.1. The Balaban J connectivity index is 0. The van der Waals surface area contributed by atoms with Gasteiger partial charge in [0.2, 0.25) is 5.79 Å². The first-order valence-electron chi connectivity index (χ1n) is 10.2. The maximum Gasteiger partial charge on any atom is 0.370 e. The van der Waals surface area contributed by atoms with Gasteiger partial charge in [0.1, 0.15) is 0 Å². The van der Waals surface area contributed by atoms with Crippen molar-refractivity contribution in [3.8, 4) is 0 Å². The van der Waals surface area contributed by atoms with Crippen molar-refractivity contribution in [2.75, 3.05) is 0 Å². The van der Waals surface area contributed by atoms with Crippen LogP contribution in [0, 0.1) is 41.7 Å². The summed E-state index contributed by atoms with van der Waals surface area (Å²) in [6.07, 6.45) is 5.77. The zero-order valence-electron chi connectivity index (χ0n) is 18.3. The molecular weight excluding hydrogens is 580 g/mol. The van der Waals surface area contributed by atoms with Crippen LogP contribution in [0.25, 0.3) is 0 Å². The molecule has 0 unspecified atom stereocenters. The molecule has 0 bridgehead atoms. The van der Waals surface area contributed by atoms with Gasteiger partial charge in [-0.15, -0.1) is 0 Å². The third-order valence-corrected chi connectivity index (χ3v) is 5.43. The van der Waals surface area contributed by atoms with Crippen LogP contribution < -0.4 is 0 Å². The Morgan fingerprint density at radius 1 is 0.545 bits per heavy atom. The molecule has 0 saturated carbocycles. The molecule has 0 aliphatic rings. The molecule has 13 N–H and O–H groups in total. The molecule has 0 aromatic rings. The topological polar surface area (TPSA) is 280 Å². The summed E-state index contributed by atoms with van der Waals surface area (Å²) < 4.78 is 0. The Bertz CT molecular complexity index is 603. The number of carboxylic acids is 1. The fourth-order valence-corrected chi connectivity index (χ4v) is 3.01. The van der Waals surface area contributed by atoms with E-state index < -0.39 is 47.1 Å². The fraction of sp³-hybridized carbons (Fsp3) is 0.944. The molecule has 0 amide bonds. The smallest absolute Gasteiger partial charge is 0.370 e. The molecule has 196 valence electrons. The van der Waals surface area contributed by atoms with Crippen molar-refractivity contribution < 1.29 is 113 Å². The number of rotatable bonds is 16. The zero-order valence-corrected chi connectivity index (χ0v) is 21.4. The minimum atomic E-state index is -5.29. The van der Waals surface area contributed by atoms with E-state index in [9.17, 15) is 66.1 Å². The van der Waals surface area contributed by atoms with Gasteiger partial charge in [0.25, 0.3) is 23.1 Å². The molecule has 0 aliphatic carbocycles. The van der Waals surface area contributed by atoms with Crippen LogP contribution in [-0.2, 0) is 4.79 Å². The third kappa shape index (κ3) is 7.43. The standard InChI is InChI=1S/C18H36O14.Ce/c1-2-3-4-5-6-7-8-9-10-11-13(21,22)15(25,26)17(29,30)18(31,32)16(27,28)14(23,24)12(19)20;/h21-32H,2-11H2,1H3,(H,19,20);. The summed E-state index contributed by atoms with van der Waals surface area (Å²) in [4.78, 5) is 10.8. The Kier molecular flexibility index (Phi) is 14.1. The van der Waals surface area contributed by atoms with Gasteiger partial charge in [0.05, 0.1) is 0 Å². The molecule has 0 fully saturated rings. The zero-order chi connectivity index (χ0) is 25.6. The van der Waals surface area contributed by atoms with Crippen molar-refractivity contribution in [3.05, 3.63) is 0 Å². The second-order valence-corrected chi connectivity index (χ2v) is 8.06. The van der Waals surface area contributed by atoms with Gasteiger partial charge < -0.3 is 66.4 Å². The summed E-state index contributed by atoms with van der Waals surface area (Å²) in [5.74, 6) is -32.2. The summed E-state index contributed by atoms with van der Waals surface area (Å²) in [5.41, 5.74) is 0. The van der Waals surface area contributed by atoms with E-state index in [4.69, 9.17) is 5.11 Å². The Labute approximate surface area is 223 Å². The normalized spacial score (nSPS) is 14.2. The number of aliphatic carboxylic acids is 1. The monoisotopic (exact) mass is 616 g/mol. The molecule has 0 saturated heterocycles. The molecule has 15 heteroatoms. The van der Waals surface area contributed by atoms with Gasteiger partial charge in [0.15, 0.2) is 0 Å². The van der Waals surface area contributed by atoms with Crippen molar-refractivity contribution in [3.63, 3.8) is 0 Å². The van der Waals surface area contributed by atoms with Crippen LogP contribution in [0.15, 0.2) is 0 Å². The maximum absolute atomic E-state index is 10.8. The molecule has 0 aromatic carbocycles. The third-order valence-electron chi connectivity index (χ3n) is 5.43. The minimum Gasteiger partial charge on any atom is -0.477 e. The van der Waals surface area contributed by atoms with Gasteiger partial charge >= 0.3 is 11.8 Å². The molecule has 33 heavy (non-hydrogen) atoms. The quantitative estimate of drug-likeness (QED) is 0.0583. The number of carboxylic acid groups (broad SMARTS) is 1. The van der Waals surface area contributed by atoms with E-state index in [1.165, 1.54) is 0 Å². The first-order valence-corrected chi connectivity index (χ1v) is 10.2. The van der Waals surface area contributed by atoms with E-state index in [0.717, 1.165) is 38.5 Å². The molecular formula is C18H36CeO14. The Morgan fingerprint density at radius 2 is 0.879 bits per heavy atom. The van der Waals surface area contributed by atoms with Gasteiger partial charge in [-0.3, -0.25) is 0 Å². The maximum atomic E-state index is 10.8. The number of hydrogen-bond donors (Lipinski definition) is 13. The molecule has 14 nitrogen and oxygen atoms in total. The first kappa shape index (κ1) is 35.5. The molecule has 0 radical (unpaired) electrons. The van der Waals surface area contributed by atoms with Crippen molar-refractivity contribution in [2.45, 2.75) is 106 Å². The number of aliphatic hydroxyl groups is 12. The van der Waals surface area contributed by atoms with E-state index in [0.29, 0.717) is 12.8 Å². The van der Waals surface area contributed by atoms with Gasteiger partial charge in [0, 0.05) is 48.2 Å². The predicted octanol–water partition coefficient (Wildman–Crippen LogP) is -3.92. The van der Waals surface area contributed by atoms with Crippen LogP contribution in [0.5, 0.6) is 0 Å². The molecule has 0 spiro atoms. The van der Waals surface area contributed by atoms with Gasteiger partial charge in [-0.05, 0) is 6.42 Å². The first-order chi connectivity index (χ1) is 14.3. The number of unbranched alkanes of at least 4 members (excludes halogenated alkanes) is 8. The number of hydrogen-bond acceptors (Lipinski definition) is 13. The average molecular weight is 617 g/mol. The summed E-state index contributed by atoms with van der Waals surface area (Å²) in [7, 11) is 0. The van der Waals surface area contributed by atoms with Crippen LogP contribution >= 0.6 is 0 Å². The van der Waals surface area contributed by atoms with Gasteiger partial charge in [-0.25, -0.2) is 4.79 Å².